The molecule has 2 N–H and O–H groups in total. The molecular weight excluding hydrogens is 640 g/mol. The van der Waals surface area contributed by atoms with E-state index < -0.39 is 28.9 Å². The number of morpholine rings is 1. The minimum Gasteiger partial charge on any atom is -0.475 e. The molecule has 0 bridgehead atoms. The molecule has 6 rings (SSSR count). The Morgan fingerprint density at radius 3 is 2.43 bits per heavy atom. The highest BCUT2D eigenvalue weighted by Crippen LogP contribution is 2.49. The van der Waals surface area contributed by atoms with Crippen LogP contribution in [0.5, 0.6) is 17.4 Å². The molecule has 0 atom stereocenters. The molecule has 4 aromatic rings. The third kappa shape index (κ3) is 5.94. The number of nitrogens with two attached hydrogens (primary N) is 1. The number of pyridine rings is 2. The van der Waals surface area contributed by atoms with Gasteiger partial charge in [0.25, 0.3) is 0 Å². The van der Waals surface area contributed by atoms with Gasteiger partial charge in [0, 0.05) is 43.8 Å². The Kier molecular flexibility index (Phi) is 8.43. The Morgan fingerprint density at radius 1 is 1.02 bits per heavy atom. The predicted molar refractivity (Wildman–Crippen MR) is 161 cm³/mol. The third-order valence-corrected chi connectivity index (χ3v) is 8.43. The van der Waals surface area contributed by atoms with E-state index in [0.717, 1.165) is 25.7 Å². The molecule has 44 heavy (non-hydrogen) atoms. The van der Waals surface area contributed by atoms with Crippen LogP contribution in [0.1, 0.15) is 12.8 Å². The Hall–Kier alpha value is -4.20. The number of aromatic nitrogens is 2. The normalized spacial score (nSPS) is 16.0. The van der Waals surface area contributed by atoms with Gasteiger partial charge in [-0.2, -0.15) is 0 Å². The maximum atomic E-state index is 15.6. The van der Waals surface area contributed by atoms with Crippen LogP contribution in [0.15, 0.2) is 65.4 Å². The van der Waals surface area contributed by atoms with Gasteiger partial charge < -0.3 is 19.9 Å². The summed E-state index contributed by atoms with van der Waals surface area (Å²) < 4.78 is 47.0. The van der Waals surface area contributed by atoms with Crippen molar-refractivity contribution in [3.05, 3.63) is 77.0 Å². The van der Waals surface area contributed by atoms with Crippen molar-refractivity contribution < 1.29 is 32.6 Å². The van der Waals surface area contributed by atoms with Crippen molar-refractivity contribution in [3.63, 3.8) is 0 Å². The van der Waals surface area contributed by atoms with Crippen LogP contribution in [0.3, 0.4) is 0 Å². The van der Waals surface area contributed by atoms with Gasteiger partial charge in [-0.25, -0.2) is 13.8 Å². The summed E-state index contributed by atoms with van der Waals surface area (Å²) in [6.07, 6.45) is 3.64. The van der Waals surface area contributed by atoms with E-state index in [4.69, 9.17) is 19.9 Å². The van der Waals surface area contributed by atoms with Crippen LogP contribution in [0.4, 0.5) is 20.2 Å². The number of halogens is 3. The zero-order chi connectivity index (χ0) is 30.8. The van der Waals surface area contributed by atoms with Gasteiger partial charge in [0.05, 0.1) is 29.8 Å². The van der Waals surface area contributed by atoms with Crippen LogP contribution in [-0.4, -0.2) is 66.1 Å². The lowest BCUT2D eigenvalue weighted by molar-refractivity contribution is -0.133. The lowest BCUT2D eigenvalue weighted by Gasteiger charge is -2.26. The Balaban J connectivity index is 1.24. The van der Waals surface area contributed by atoms with Gasteiger partial charge in [0.2, 0.25) is 17.7 Å². The molecule has 13 heteroatoms. The average molecular weight is 668 g/mol. The first-order valence-electron chi connectivity index (χ1n) is 14.0. The van der Waals surface area contributed by atoms with Crippen molar-refractivity contribution >= 4 is 50.0 Å². The topological polar surface area (TPSA) is 120 Å². The number of carbonyl (C=O) groups is 2. The summed E-state index contributed by atoms with van der Waals surface area (Å²) in [7, 11) is 0. The second-order valence-electron chi connectivity index (χ2n) is 10.5. The molecule has 2 aliphatic rings. The highest BCUT2D eigenvalue weighted by atomic mass is 79.9. The summed E-state index contributed by atoms with van der Waals surface area (Å²) in [4.78, 5) is 37.9. The van der Waals surface area contributed by atoms with Crippen molar-refractivity contribution in [3.8, 4) is 17.4 Å². The number of benzene rings is 2. The first-order chi connectivity index (χ1) is 21.3. The molecule has 0 unspecified atom stereocenters. The molecule has 228 valence electrons. The van der Waals surface area contributed by atoms with E-state index in [2.05, 4.69) is 30.8 Å². The Morgan fingerprint density at radius 2 is 1.75 bits per heavy atom. The second-order valence-corrected chi connectivity index (χ2v) is 11.3. The van der Waals surface area contributed by atoms with E-state index in [1.54, 1.807) is 12.3 Å². The molecule has 10 nitrogen and oxygen atoms in total. The average Bonchev–Trinajstić information content (AvgIpc) is 3.84. The molecule has 3 heterocycles. The Bertz CT molecular complexity index is 1710. The number of carbonyl (C=O) groups excluding carboxylic acids is 2. The fourth-order valence-electron chi connectivity index (χ4n) is 5.03. The summed E-state index contributed by atoms with van der Waals surface area (Å²) in [5.74, 6) is -2.09. The van der Waals surface area contributed by atoms with Crippen molar-refractivity contribution in [1.82, 2.24) is 14.9 Å². The van der Waals surface area contributed by atoms with E-state index in [9.17, 15) is 14.0 Å². The van der Waals surface area contributed by atoms with Crippen LogP contribution in [0.2, 0.25) is 0 Å². The number of anilines is 2. The first kappa shape index (κ1) is 29.9. The molecule has 2 aromatic heterocycles. The molecule has 1 aliphatic heterocycles. The van der Waals surface area contributed by atoms with Crippen molar-refractivity contribution in [2.45, 2.75) is 12.8 Å². The SMILES string of the molecule is NC(=O)C1(C(=O)N(c2ccc(F)cc2)c2ccc(Oc3ccnc4c(Br)c(OCCN5CCOCC5)ncc34)c(F)c2)CC1. The zero-order valence-electron chi connectivity index (χ0n) is 23.5. The lowest BCUT2D eigenvalue weighted by atomic mass is 10.0. The summed E-state index contributed by atoms with van der Waals surface area (Å²) in [6, 6.07) is 10.7. The van der Waals surface area contributed by atoms with Gasteiger partial charge in [0.15, 0.2) is 11.6 Å². The van der Waals surface area contributed by atoms with Crippen LogP contribution >= 0.6 is 15.9 Å². The maximum Gasteiger partial charge on any atom is 0.247 e. The molecule has 2 amide bonds. The van der Waals surface area contributed by atoms with Crippen LogP contribution in [0, 0.1) is 17.0 Å². The van der Waals surface area contributed by atoms with Crippen molar-refractivity contribution in [2.24, 2.45) is 11.1 Å². The van der Waals surface area contributed by atoms with Gasteiger partial charge in [-0.05, 0) is 71.2 Å². The standard InChI is InChI=1S/C31H28BrF2N5O5/c32-26-27-22(18-37-28(26)43-16-13-38-11-14-42-15-12-38)24(7-10-36-27)44-25-6-5-21(17-23(25)34)39(20-3-1-19(33)2-4-20)30(41)31(8-9-31)29(35)40/h1-7,10,17-18H,8-9,11-16H2,(H2,35,40). The molecule has 0 spiro atoms. The van der Waals surface area contributed by atoms with Gasteiger partial charge in [0.1, 0.15) is 28.1 Å². The fourth-order valence-corrected chi connectivity index (χ4v) is 5.56. The molecule has 2 aromatic carbocycles. The van der Waals surface area contributed by atoms with Crippen LogP contribution in [-0.2, 0) is 14.3 Å². The minimum atomic E-state index is -1.39. The van der Waals surface area contributed by atoms with Crippen molar-refractivity contribution in [2.75, 3.05) is 44.4 Å². The van der Waals surface area contributed by atoms with Gasteiger partial charge in [-0.3, -0.25) is 24.4 Å². The summed E-state index contributed by atoms with van der Waals surface area (Å²) in [6.45, 7) is 4.27. The van der Waals surface area contributed by atoms with Crippen molar-refractivity contribution in [1.29, 1.82) is 0 Å². The van der Waals surface area contributed by atoms with Gasteiger partial charge in [-0.1, -0.05) is 0 Å². The predicted octanol–water partition coefficient (Wildman–Crippen LogP) is 5.10. The summed E-state index contributed by atoms with van der Waals surface area (Å²) in [5.41, 5.74) is 5.06. The minimum absolute atomic E-state index is 0.120. The summed E-state index contributed by atoms with van der Waals surface area (Å²) in [5, 5.41) is 0.517. The molecule has 1 saturated carbocycles. The van der Waals surface area contributed by atoms with E-state index in [-0.39, 0.29) is 30.0 Å². The lowest BCUT2D eigenvalue weighted by Crippen LogP contribution is -2.41. The number of primary amides is 1. The maximum absolute atomic E-state index is 15.6. The first-order valence-corrected chi connectivity index (χ1v) is 14.8. The van der Waals surface area contributed by atoms with Crippen LogP contribution in [0.25, 0.3) is 10.9 Å². The fraction of sp³-hybridized carbons (Fsp3) is 0.290. The van der Waals surface area contributed by atoms with E-state index >= 15 is 4.39 Å². The molecule has 2 fully saturated rings. The van der Waals surface area contributed by atoms with Crippen LogP contribution < -0.4 is 20.1 Å². The number of hydrogen-bond acceptors (Lipinski definition) is 8. The zero-order valence-corrected chi connectivity index (χ0v) is 25.1. The number of hydrogen-bond donors (Lipinski definition) is 1. The number of rotatable bonds is 10. The van der Waals surface area contributed by atoms with E-state index in [1.165, 1.54) is 47.5 Å². The largest absolute Gasteiger partial charge is 0.475 e. The second kappa shape index (κ2) is 12.4. The van der Waals surface area contributed by atoms with E-state index in [0.29, 0.717) is 46.8 Å². The smallest absolute Gasteiger partial charge is 0.247 e. The number of fused-ring (bicyclic) bond motifs is 1. The number of ether oxygens (including phenoxy) is 3. The molecule has 1 aliphatic carbocycles. The highest BCUT2D eigenvalue weighted by Gasteiger charge is 2.57. The number of nitrogens with zero attached hydrogens (tertiary/aromatic N) is 4. The molecule has 0 radical (unpaired) electrons. The monoisotopic (exact) mass is 667 g/mol. The molecular formula is C31H28BrF2N5O5. The van der Waals surface area contributed by atoms with Gasteiger partial charge >= 0.3 is 0 Å². The quantitative estimate of drug-likeness (QED) is 0.232. The molecule has 1 saturated heterocycles. The van der Waals surface area contributed by atoms with Gasteiger partial charge in [-0.15, -0.1) is 0 Å². The number of amides is 2. The highest BCUT2D eigenvalue weighted by molar-refractivity contribution is 9.10. The summed E-state index contributed by atoms with van der Waals surface area (Å²) >= 11 is 3.53. The Labute approximate surface area is 259 Å². The van der Waals surface area contributed by atoms with E-state index in [1.807, 2.05) is 0 Å². The third-order valence-electron chi connectivity index (χ3n) is 7.72.